The van der Waals surface area contributed by atoms with Crippen molar-refractivity contribution in [2.24, 2.45) is 10.9 Å². The van der Waals surface area contributed by atoms with E-state index in [1.807, 2.05) is 53.4 Å². The molecule has 1 N–H and O–H groups in total. The molecule has 60 heavy (non-hydrogen) atoms. The summed E-state index contributed by atoms with van der Waals surface area (Å²) in [5.41, 5.74) is 2.26. The molecule has 12 heteroatoms. The minimum atomic E-state index is -2.92. The van der Waals surface area contributed by atoms with Crippen molar-refractivity contribution in [1.82, 2.24) is 20.0 Å². The topological polar surface area (TPSA) is 77.5 Å². The molecule has 2 fully saturated rings. The van der Waals surface area contributed by atoms with Gasteiger partial charge in [-0.1, -0.05) is 143 Å². The van der Waals surface area contributed by atoms with Crippen LogP contribution in [0.1, 0.15) is 71.6 Å². The zero-order chi connectivity index (χ0) is 42.5. The number of fused-ring (bicyclic) bond motifs is 1. The van der Waals surface area contributed by atoms with Crippen molar-refractivity contribution in [1.29, 1.82) is 0 Å². The zero-order valence-corrected chi connectivity index (χ0v) is 38.7. The third kappa shape index (κ3) is 8.00. The number of hydrogen-bond acceptors (Lipinski definition) is 7. The highest BCUT2D eigenvalue weighted by Gasteiger charge is 2.54. The molecule has 1 spiro atoms. The summed E-state index contributed by atoms with van der Waals surface area (Å²) in [4.78, 5) is 41.7. The molecule has 0 aromatic heterocycles. The Kier molecular flexibility index (Phi) is 11.9. The van der Waals surface area contributed by atoms with E-state index in [4.69, 9.17) is 32.6 Å². The number of amides is 2. The van der Waals surface area contributed by atoms with Crippen molar-refractivity contribution in [3.8, 4) is 0 Å². The number of benzene rings is 4. The lowest BCUT2D eigenvalue weighted by atomic mass is 9.81. The molecule has 0 radical (unpaired) electrons. The summed E-state index contributed by atoms with van der Waals surface area (Å²) in [5.74, 6) is -0.261. The molecule has 4 aliphatic rings. The van der Waals surface area contributed by atoms with Crippen LogP contribution in [0.3, 0.4) is 0 Å². The number of hydrogen-bond donors (Lipinski definition) is 1. The van der Waals surface area contributed by atoms with E-state index in [0.29, 0.717) is 28.0 Å². The molecule has 4 aromatic carbocycles. The summed E-state index contributed by atoms with van der Waals surface area (Å²) in [6.07, 6.45) is 2.13. The van der Waals surface area contributed by atoms with Crippen molar-refractivity contribution < 1.29 is 14.0 Å². The first-order chi connectivity index (χ1) is 28.7. The Morgan fingerprint density at radius 2 is 1.50 bits per heavy atom. The van der Waals surface area contributed by atoms with Crippen LogP contribution < -0.4 is 15.7 Å². The predicted molar refractivity (Wildman–Crippen MR) is 248 cm³/mol. The second-order valence-electron chi connectivity index (χ2n) is 18.1. The van der Waals surface area contributed by atoms with Gasteiger partial charge in [-0.05, 0) is 88.2 Å². The number of rotatable bonds is 12. The highest BCUT2D eigenvalue weighted by molar-refractivity contribution is 8.18. The van der Waals surface area contributed by atoms with Gasteiger partial charge in [0, 0.05) is 47.5 Å². The van der Waals surface area contributed by atoms with E-state index in [9.17, 15) is 4.79 Å². The molecular formula is C48H55Cl2N5O3SSi. The summed E-state index contributed by atoms with van der Waals surface area (Å²) >= 11 is 14.2. The van der Waals surface area contributed by atoms with Crippen molar-refractivity contribution >= 4 is 70.6 Å². The molecule has 4 aromatic rings. The molecule has 0 bridgehead atoms. The number of amidine groups is 1. The van der Waals surface area contributed by atoms with Gasteiger partial charge >= 0.3 is 0 Å². The van der Waals surface area contributed by atoms with Crippen LogP contribution in [0.25, 0.3) is 0 Å². The van der Waals surface area contributed by atoms with Crippen LogP contribution in [0, 0.1) is 5.92 Å². The van der Waals surface area contributed by atoms with Crippen LogP contribution in [0.4, 0.5) is 0 Å². The Balaban J connectivity index is 1.16. The first kappa shape index (κ1) is 42.8. The van der Waals surface area contributed by atoms with Crippen LogP contribution in [-0.4, -0.2) is 84.9 Å². The Morgan fingerprint density at radius 3 is 2.05 bits per heavy atom. The van der Waals surface area contributed by atoms with Gasteiger partial charge in [-0.2, -0.15) is 0 Å². The van der Waals surface area contributed by atoms with E-state index >= 15 is 4.79 Å². The van der Waals surface area contributed by atoms with Crippen molar-refractivity contribution in [2.75, 3.05) is 39.3 Å². The number of allylic oxidation sites excluding steroid dienone is 1. The Morgan fingerprint density at radius 1 is 0.917 bits per heavy atom. The van der Waals surface area contributed by atoms with Gasteiger partial charge in [-0.25, -0.2) is 4.99 Å². The summed E-state index contributed by atoms with van der Waals surface area (Å²) in [5, 5.41) is 7.77. The van der Waals surface area contributed by atoms with E-state index < -0.39 is 13.9 Å². The maximum Gasteiger partial charge on any atom is 0.263 e. The number of thioether (sulfide) groups is 1. The predicted octanol–water partition coefficient (Wildman–Crippen LogP) is 8.61. The maximum absolute atomic E-state index is 15.4. The van der Waals surface area contributed by atoms with E-state index in [0.717, 1.165) is 41.4 Å². The molecule has 3 aliphatic heterocycles. The second-order valence-corrected chi connectivity index (χ2v) is 24.3. The fraction of sp³-hybridized carbons (Fsp3) is 0.396. The summed E-state index contributed by atoms with van der Waals surface area (Å²) in [7, 11) is -2.92. The van der Waals surface area contributed by atoms with Crippen LogP contribution in [-0.2, 0) is 19.6 Å². The number of halogens is 2. The van der Waals surface area contributed by atoms with Gasteiger partial charge in [0.25, 0.3) is 14.2 Å². The van der Waals surface area contributed by atoms with Crippen molar-refractivity contribution in [2.45, 2.75) is 76.5 Å². The standard InChI is InChI=1S/C48H55Cl2N5O3SSi/c1-33(2)41-42(59-45-52-47(6,35-19-23-37(50)24-20-35)43(55(41)45)34-17-21-36(49)22-18-34)44(57)53(31-40(56)54-28-27-51-48(32-54)25-26-48)29-30-58-60(46(3,4)5,38-13-9-7-10-14-38)39-15-11-8-12-16-39/h7-24,33,43,51H,25-32H2,1-6H3/t43-,47+/m1/s1. The van der Waals surface area contributed by atoms with Gasteiger partial charge in [0.2, 0.25) is 5.91 Å². The number of aliphatic imine (C=N–C) groups is 1. The number of piperazine rings is 1. The van der Waals surface area contributed by atoms with E-state index in [2.05, 4.69) is 112 Å². The number of carbonyl (C=O) groups is 2. The number of nitrogens with one attached hydrogen (secondary N) is 1. The normalized spacial score (nSPS) is 21.1. The lowest BCUT2D eigenvalue weighted by molar-refractivity contribution is -0.139. The Labute approximate surface area is 370 Å². The third-order valence-corrected chi connectivity index (χ3v) is 19.3. The van der Waals surface area contributed by atoms with Crippen LogP contribution >= 0.6 is 35.0 Å². The maximum atomic E-state index is 15.4. The van der Waals surface area contributed by atoms with Gasteiger partial charge in [-0.3, -0.25) is 9.59 Å². The minimum absolute atomic E-state index is 0.0140. The summed E-state index contributed by atoms with van der Waals surface area (Å²) < 4.78 is 7.33. The van der Waals surface area contributed by atoms with Gasteiger partial charge in [0.05, 0.1) is 12.6 Å². The van der Waals surface area contributed by atoms with Crippen LogP contribution in [0.2, 0.25) is 15.1 Å². The molecule has 1 saturated carbocycles. The molecule has 8 rings (SSSR count). The molecule has 314 valence electrons. The second kappa shape index (κ2) is 16.8. The fourth-order valence-electron chi connectivity index (χ4n) is 9.45. The fourth-order valence-corrected chi connectivity index (χ4v) is 15.6. The molecule has 2 atom stereocenters. The van der Waals surface area contributed by atoms with Gasteiger partial charge in [0.15, 0.2) is 5.17 Å². The summed E-state index contributed by atoms with van der Waals surface area (Å²) in [6, 6.07) is 36.6. The Hall–Kier alpha value is -3.90. The lowest BCUT2D eigenvalue weighted by Crippen LogP contribution is -2.67. The van der Waals surface area contributed by atoms with Crippen LogP contribution in [0.5, 0.6) is 0 Å². The molecule has 8 nitrogen and oxygen atoms in total. The highest BCUT2D eigenvalue weighted by atomic mass is 35.5. The third-order valence-electron chi connectivity index (χ3n) is 12.7. The lowest BCUT2D eigenvalue weighted by Gasteiger charge is -2.43. The largest absolute Gasteiger partial charge is 0.406 e. The average Bonchev–Trinajstić information content (AvgIpc) is 3.76. The van der Waals surface area contributed by atoms with Gasteiger partial charge in [-0.15, -0.1) is 0 Å². The molecule has 3 heterocycles. The first-order valence-corrected chi connectivity index (χ1v) is 24.5. The first-order valence-electron chi connectivity index (χ1n) is 21.1. The molecule has 1 aliphatic carbocycles. The van der Waals surface area contributed by atoms with Crippen molar-refractivity contribution in [3.05, 3.63) is 141 Å². The van der Waals surface area contributed by atoms with E-state index in [1.54, 1.807) is 4.90 Å². The Bertz CT molecular complexity index is 2240. The highest BCUT2D eigenvalue weighted by Crippen LogP contribution is 2.56. The smallest absolute Gasteiger partial charge is 0.263 e. The zero-order valence-electron chi connectivity index (χ0n) is 35.4. The molecule has 2 amide bonds. The van der Waals surface area contributed by atoms with Gasteiger partial charge in [0.1, 0.15) is 17.0 Å². The van der Waals surface area contributed by atoms with Gasteiger partial charge < -0.3 is 24.4 Å². The van der Waals surface area contributed by atoms with E-state index in [1.165, 1.54) is 22.1 Å². The SMILES string of the molecule is CC(C)C1=C(C(=O)N(CCO[Si](c2ccccc2)(c2ccccc2)C(C)(C)C)CC(=O)N2CCNC3(CC3)C2)SC2=N[C@@](C)(c3ccc(Cl)cc3)[C@@H](c3ccc(Cl)cc3)N21. The molecule has 1 saturated heterocycles. The van der Waals surface area contributed by atoms with E-state index in [-0.39, 0.29) is 54.0 Å². The quantitative estimate of drug-likeness (QED) is 0.144. The minimum Gasteiger partial charge on any atom is -0.406 e. The van der Waals surface area contributed by atoms with Crippen LogP contribution in [0.15, 0.2) is 125 Å². The monoisotopic (exact) mass is 879 g/mol. The average molecular weight is 881 g/mol. The summed E-state index contributed by atoms with van der Waals surface area (Å²) in [6.45, 7) is 15.7. The van der Waals surface area contributed by atoms with Crippen molar-refractivity contribution in [3.63, 3.8) is 0 Å². The molecular weight excluding hydrogens is 826 g/mol. The molecule has 0 unspecified atom stereocenters. The number of nitrogens with zero attached hydrogens (tertiary/aromatic N) is 4. The number of carbonyl (C=O) groups excluding carboxylic acids is 2.